The van der Waals surface area contributed by atoms with Gasteiger partial charge < -0.3 is 15.0 Å². The van der Waals surface area contributed by atoms with Crippen molar-refractivity contribution in [1.82, 2.24) is 0 Å². The van der Waals surface area contributed by atoms with Gasteiger partial charge in [0.15, 0.2) is 0 Å². The first-order valence-electron chi connectivity index (χ1n) is 6.74. The minimum atomic E-state index is -0.681. The molecule has 3 nitrogen and oxygen atoms in total. The van der Waals surface area contributed by atoms with Crippen LogP contribution >= 0.6 is 0 Å². The van der Waals surface area contributed by atoms with Gasteiger partial charge in [0.1, 0.15) is 6.29 Å². The quantitative estimate of drug-likeness (QED) is 0.530. The van der Waals surface area contributed by atoms with Crippen LogP contribution in [0.5, 0.6) is 0 Å². The summed E-state index contributed by atoms with van der Waals surface area (Å²) < 4.78 is 0. The highest BCUT2D eigenvalue weighted by Gasteiger charge is 2.02. The zero-order valence-corrected chi connectivity index (χ0v) is 11.2. The SMILES string of the molecule is O=CCCCCC=Cc1ccc(CC(O)CO)cc1. The number of carbonyl (C=O) groups excluding carboxylic acids is 1. The molecule has 2 N–H and O–H groups in total. The summed E-state index contributed by atoms with van der Waals surface area (Å²) in [6.07, 6.45) is 8.56. The molecular weight excluding hydrogens is 240 g/mol. The molecule has 1 atom stereocenters. The van der Waals surface area contributed by atoms with Gasteiger partial charge >= 0.3 is 0 Å². The van der Waals surface area contributed by atoms with Crippen LogP contribution in [0.2, 0.25) is 0 Å². The van der Waals surface area contributed by atoms with E-state index in [0.29, 0.717) is 12.8 Å². The lowest BCUT2D eigenvalue weighted by atomic mass is 10.1. The highest BCUT2D eigenvalue weighted by Crippen LogP contribution is 2.09. The fourth-order valence-electron chi connectivity index (χ4n) is 1.81. The third-order valence-electron chi connectivity index (χ3n) is 2.91. The van der Waals surface area contributed by atoms with E-state index in [9.17, 15) is 9.90 Å². The van der Waals surface area contributed by atoms with Gasteiger partial charge in [-0.05, 0) is 30.4 Å². The van der Waals surface area contributed by atoms with Crippen molar-refractivity contribution in [3.8, 4) is 0 Å². The van der Waals surface area contributed by atoms with Crippen molar-refractivity contribution in [2.75, 3.05) is 6.61 Å². The first-order valence-corrected chi connectivity index (χ1v) is 6.74. The van der Waals surface area contributed by atoms with Crippen molar-refractivity contribution in [2.45, 2.75) is 38.2 Å². The standard InChI is InChI=1S/C16H22O3/c17-11-5-3-1-2-4-6-14-7-9-15(10-8-14)12-16(19)13-18/h4,6-11,16,18-19H,1-3,5,12-13H2. The van der Waals surface area contributed by atoms with Gasteiger partial charge in [0.05, 0.1) is 12.7 Å². The molecule has 1 rings (SSSR count). The van der Waals surface area contributed by atoms with Crippen molar-refractivity contribution in [2.24, 2.45) is 0 Å². The Bertz CT molecular complexity index is 381. The number of aldehydes is 1. The number of rotatable bonds is 9. The summed E-state index contributed by atoms with van der Waals surface area (Å²) in [7, 11) is 0. The Kier molecular flexibility index (Phi) is 7.78. The minimum Gasteiger partial charge on any atom is -0.394 e. The molecule has 0 bridgehead atoms. The van der Waals surface area contributed by atoms with Gasteiger partial charge in [-0.25, -0.2) is 0 Å². The molecule has 3 heteroatoms. The molecule has 0 aliphatic carbocycles. The summed E-state index contributed by atoms with van der Waals surface area (Å²) >= 11 is 0. The van der Waals surface area contributed by atoms with Crippen molar-refractivity contribution in [1.29, 1.82) is 0 Å². The third-order valence-corrected chi connectivity index (χ3v) is 2.91. The second kappa shape index (κ2) is 9.48. The van der Waals surface area contributed by atoms with E-state index in [2.05, 4.69) is 12.2 Å². The van der Waals surface area contributed by atoms with Gasteiger partial charge in [0.25, 0.3) is 0 Å². The molecule has 0 saturated heterocycles. The van der Waals surface area contributed by atoms with E-state index in [1.165, 1.54) is 0 Å². The molecule has 0 amide bonds. The smallest absolute Gasteiger partial charge is 0.119 e. The molecule has 0 aliphatic heterocycles. The lowest BCUT2D eigenvalue weighted by molar-refractivity contribution is -0.107. The zero-order chi connectivity index (χ0) is 13.9. The van der Waals surface area contributed by atoms with Crippen molar-refractivity contribution in [3.05, 3.63) is 41.5 Å². The number of hydrogen-bond donors (Lipinski definition) is 2. The monoisotopic (exact) mass is 262 g/mol. The molecule has 0 saturated carbocycles. The second-order valence-electron chi connectivity index (χ2n) is 4.64. The molecule has 1 aromatic carbocycles. The van der Waals surface area contributed by atoms with Crippen molar-refractivity contribution >= 4 is 12.4 Å². The number of aliphatic hydroxyl groups excluding tert-OH is 2. The van der Waals surface area contributed by atoms with Gasteiger partial charge in [-0.3, -0.25) is 0 Å². The maximum Gasteiger partial charge on any atom is 0.119 e. The molecule has 0 radical (unpaired) electrons. The maximum atomic E-state index is 10.1. The maximum absolute atomic E-state index is 10.1. The lowest BCUT2D eigenvalue weighted by Crippen LogP contribution is -2.14. The Hall–Kier alpha value is -1.45. The van der Waals surface area contributed by atoms with E-state index in [1.807, 2.05) is 24.3 Å². The Labute approximate surface area is 114 Å². The predicted molar refractivity (Wildman–Crippen MR) is 76.8 cm³/mol. The largest absolute Gasteiger partial charge is 0.394 e. The summed E-state index contributed by atoms with van der Waals surface area (Å²) in [6.45, 7) is -0.206. The van der Waals surface area contributed by atoms with Crippen LogP contribution in [0, 0.1) is 0 Å². The number of carbonyl (C=O) groups is 1. The van der Waals surface area contributed by atoms with Gasteiger partial charge in [-0.15, -0.1) is 0 Å². The van der Waals surface area contributed by atoms with Gasteiger partial charge in [0.2, 0.25) is 0 Å². The van der Waals surface area contributed by atoms with Crippen LogP contribution in [0.4, 0.5) is 0 Å². The number of aliphatic hydroxyl groups is 2. The highest BCUT2D eigenvalue weighted by molar-refractivity contribution is 5.50. The normalized spacial score (nSPS) is 12.7. The molecular formula is C16H22O3. The Morgan fingerprint density at radius 2 is 1.79 bits per heavy atom. The Balaban J connectivity index is 2.35. The summed E-state index contributed by atoms with van der Waals surface area (Å²) in [4.78, 5) is 10.1. The van der Waals surface area contributed by atoms with Gasteiger partial charge in [-0.2, -0.15) is 0 Å². The van der Waals surface area contributed by atoms with Crippen LogP contribution < -0.4 is 0 Å². The molecule has 1 unspecified atom stereocenters. The molecule has 0 aromatic heterocycles. The first kappa shape index (κ1) is 15.6. The molecule has 0 fully saturated rings. The minimum absolute atomic E-state index is 0.206. The summed E-state index contributed by atoms with van der Waals surface area (Å²) in [5.74, 6) is 0. The average molecular weight is 262 g/mol. The summed E-state index contributed by atoms with van der Waals surface area (Å²) in [5.41, 5.74) is 2.14. The fourth-order valence-corrected chi connectivity index (χ4v) is 1.81. The Morgan fingerprint density at radius 1 is 1.11 bits per heavy atom. The van der Waals surface area contributed by atoms with E-state index < -0.39 is 6.10 Å². The van der Waals surface area contributed by atoms with Crippen LogP contribution in [0.3, 0.4) is 0 Å². The second-order valence-corrected chi connectivity index (χ2v) is 4.64. The highest BCUT2D eigenvalue weighted by atomic mass is 16.3. The van der Waals surface area contributed by atoms with Crippen molar-refractivity contribution in [3.63, 3.8) is 0 Å². The van der Waals surface area contributed by atoms with Crippen LogP contribution in [-0.2, 0) is 11.2 Å². The fraction of sp³-hybridized carbons (Fsp3) is 0.438. The number of hydrogen-bond acceptors (Lipinski definition) is 3. The van der Waals surface area contributed by atoms with Gasteiger partial charge in [0, 0.05) is 12.8 Å². The predicted octanol–water partition coefficient (Wildman–Crippen LogP) is 2.35. The molecule has 0 spiro atoms. The van der Waals surface area contributed by atoms with Crippen LogP contribution in [0.25, 0.3) is 6.08 Å². The van der Waals surface area contributed by atoms with Crippen molar-refractivity contribution < 1.29 is 15.0 Å². The number of unbranched alkanes of at least 4 members (excludes halogenated alkanes) is 3. The average Bonchev–Trinajstić information content (AvgIpc) is 2.44. The summed E-state index contributed by atoms with van der Waals surface area (Å²) in [5, 5.41) is 18.1. The molecule has 1 aromatic rings. The Morgan fingerprint density at radius 3 is 2.42 bits per heavy atom. The van der Waals surface area contributed by atoms with Crippen LogP contribution in [0.15, 0.2) is 30.3 Å². The molecule has 0 aliphatic rings. The lowest BCUT2D eigenvalue weighted by Gasteiger charge is -2.06. The first-order chi connectivity index (χ1) is 9.26. The van der Waals surface area contributed by atoms with Gasteiger partial charge in [-0.1, -0.05) is 36.4 Å². The van der Waals surface area contributed by atoms with E-state index in [4.69, 9.17) is 5.11 Å². The van der Waals surface area contributed by atoms with E-state index in [-0.39, 0.29) is 6.61 Å². The number of allylic oxidation sites excluding steroid dienone is 1. The van der Waals surface area contributed by atoms with E-state index in [0.717, 1.165) is 36.7 Å². The zero-order valence-electron chi connectivity index (χ0n) is 11.2. The van der Waals surface area contributed by atoms with E-state index >= 15 is 0 Å². The number of benzene rings is 1. The van der Waals surface area contributed by atoms with Crippen LogP contribution in [-0.4, -0.2) is 29.2 Å². The summed E-state index contributed by atoms with van der Waals surface area (Å²) in [6, 6.07) is 7.93. The third kappa shape index (κ3) is 6.89. The van der Waals surface area contributed by atoms with Crippen LogP contribution in [0.1, 0.15) is 36.8 Å². The molecule has 104 valence electrons. The molecule has 0 heterocycles. The van der Waals surface area contributed by atoms with E-state index in [1.54, 1.807) is 0 Å². The molecule has 19 heavy (non-hydrogen) atoms. The topological polar surface area (TPSA) is 57.5 Å².